The van der Waals surface area contributed by atoms with E-state index < -0.39 is 0 Å². The fourth-order valence-corrected chi connectivity index (χ4v) is 2.61. The highest BCUT2D eigenvalue weighted by Crippen LogP contribution is 2.29. The molecule has 0 heterocycles. The third-order valence-corrected chi connectivity index (χ3v) is 3.88. The third kappa shape index (κ3) is 3.28. The van der Waals surface area contributed by atoms with Crippen molar-refractivity contribution in [2.45, 2.75) is 26.7 Å². The van der Waals surface area contributed by atoms with E-state index in [4.69, 9.17) is 4.74 Å². The van der Waals surface area contributed by atoms with Gasteiger partial charge in [0.15, 0.2) is 6.29 Å². The van der Waals surface area contributed by atoms with Gasteiger partial charge in [0.05, 0.1) is 0 Å². The molecule has 0 saturated heterocycles. The minimum Gasteiger partial charge on any atom is -0.457 e. The Morgan fingerprint density at radius 3 is 2.30 bits per heavy atom. The maximum absolute atomic E-state index is 10.8. The van der Waals surface area contributed by atoms with Crippen LogP contribution < -0.4 is 4.74 Å². The second kappa shape index (κ2) is 6.23. The Morgan fingerprint density at radius 1 is 1.10 bits per heavy atom. The summed E-state index contributed by atoms with van der Waals surface area (Å²) in [6, 6.07) is 11.4. The topological polar surface area (TPSA) is 26.3 Å². The molecule has 0 saturated carbocycles. The normalized spacial score (nSPS) is 10.7. The minimum absolute atomic E-state index is 0.505. The van der Waals surface area contributed by atoms with Crippen LogP contribution in [0, 0.1) is 6.92 Å². The Morgan fingerprint density at radius 2 is 1.75 bits per heavy atom. The van der Waals surface area contributed by atoms with Crippen molar-refractivity contribution in [2.75, 3.05) is 0 Å². The summed E-state index contributed by atoms with van der Waals surface area (Å²) in [5.74, 6) is 2.02. The summed E-state index contributed by atoms with van der Waals surface area (Å²) < 4.78 is 6.56. The molecular formula is C17H17BrO2. The predicted molar refractivity (Wildman–Crippen MR) is 84.9 cm³/mol. The molecule has 0 fully saturated rings. The van der Waals surface area contributed by atoms with Gasteiger partial charge in [-0.3, -0.25) is 4.79 Å². The minimum atomic E-state index is 0.505. The van der Waals surface area contributed by atoms with Crippen LogP contribution in [0.25, 0.3) is 0 Å². The monoisotopic (exact) mass is 332 g/mol. The maximum Gasteiger partial charge on any atom is 0.151 e. The van der Waals surface area contributed by atoms with E-state index in [0.717, 1.165) is 16.5 Å². The fraction of sp³-hybridized carbons (Fsp3) is 0.235. The molecule has 0 spiro atoms. The van der Waals surface area contributed by atoms with E-state index in [2.05, 4.69) is 42.8 Å². The van der Waals surface area contributed by atoms with E-state index in [-0.39, 0.29) is 0 Å². The number of aryl methyl sites for hydroxylation is 1. The molecule has 0 atom stereocenters. The van der Waals surface area contributed by atoms with Crippen molar-refractivity contribution < 1.29 is 9.53 Å². The lowest BCUT2D eigenvalue weighted by molar-refractivity contribution is 0.112. The van der Waals surface area contributed by atoms with Crippen LogP contribution in [-0.2, 0) is 0 Å². The van der Waals surface area contributed by atoms with Crippen molar-refractivity contribution in [3.05, 3.63) is 57.6 Å². The van der Waals surface area contributed by atoms with Crippen LogP contribution in [0.1, 0.15) is 41.3 Å². The van der Waals surface area contributed by atoms with Crippen molar-refractivity contribution >= 4 is 22.2 Å². The van der Waals surface area contributed by atoms with E-state index in [1.807, 2.05) is 12.1 Å². The zero-order valence-corrected chi connectivity index (χ0v) is 13.4. The number of carbonyl (C=O) groups excluding carboxylic acids is 1. The Bertz CT molecular complexity index is 633. The highest BCUT2D eigenvalue weighted by Gasteiger charge is 2.06. The first-order chi connectivity index (χ1) is 9.51. The van der Waals surface area contributed by atoms with Crippen LogP contribution >= 0.6 is 15.9 Å². The molecule has 0 unspecified atom stereocenters. The van der Waals surface area contributed by atoms with E-state index in [9.17, 15) is 4.79 Å². The smallest absolute Gasteiger partial charge is 0.151 e. The van der Waals surface area contributed by atoms with Crippen LogP contribution in [0.2, 0.25) is 0 Å². The summed E-state index contributed by atoms with van der Waals surface area (Å²) in [5.41, 5.74) is 3.17. The SMILES string of the molecule is Cc1cc(Oc2ccc(C=O)c(Br)c2)ccc1C(C)C. The van der Waals surface area contributed by atoms with Gasteiger partial charge in [0, 0.05) is 10.0 Å². The first-order valence-electron chi connectivity index (χ1n) is 6.54. The highest BCUT2D eigenvalue weighted by atomic mass is 79.9. The molecule has 2 aromatic rings. The fourth-order valence-electron chi connectivity index (χ4n) is 2.16. The van der Waals surface area contributed by atoms with Crippen molar-refractivity contribution in [3.8, 4) is 11.5 Å². The Labute approximate surface area is 127 Å². The third-order valence-electron chi connectivity index (χ3n) is 3.20. The predicted octanol–water partition coefficient (Wildman–Crippen LogP) is 5.49. The number of benzene rings is 2. The van der Waals surface area contributed by atoms with E-state index in [1.165, 1.54) is 11.1 Å². The molecule has 0 amide bonds. The van der Waals surface area contributed by atoms with Crippen LogP contribution in [0.5, 0.6) is 11.5 Å². The molecule has 20 heavy (non-hydrogen) atoms. The lowest BCUT2D eigenvalue weighted by atomic mass is 9.98. The van der Waals surface area contributed by atoms with E-state index in [1.54, 1.807) is 18.2 Å². The second-order valence-electron chi connectivity index (χ2n) is 5.08. The van der Waals surface area contributed by atoms with Crippen LogP contribution in [0.4, 0.5) is 0 Å². The first kappa shape index (κ1) is 14.8. The number of rotatable bonds is 4. The number of carbonyl (C=O) groups is 1. The molecule has 2 nitrogen and oxygen atoms in total. The molecule has 2 aromatic carbocycles. The van der Waals surface area contributed by atoms with Crippen molar-refractivity contribution in [3.63, 3.8) is 0 Å². The molecule has 3 heteroatoms. The van der Waals surface area contributed by atoms with Crippen molar-refractivity contribution in [1.82, 2.24) is 0 Å². The van der Waals surface area contributed by atoms with E-state index >= 15 is 0 Å². The van der Waals surface area contributed by atoms with Gasteiger partial charge in [-0.2, -0.15) is 0 Å². The summed E-state index contributed by atoms with van der Waals surface area (Å²) in [6.45, 7) is 6.45. The summed E-state index contributed by atoms with van der Waals surface area (Å²) in [4.78, 5) is 10.8. The molecule has 0 aromatic heterocycles. The molecular weight excluding hydrogens is 316 g/mol. The van der Waals surface area contributed by atoms with Gasteiger partial charge in [-0.05, 0) is 70.2 Å². The van der Waals surface area contributed by atoms with Gasteiger partial charge >= 0.3 is 0 Å². The Kier molecular flexibility index (Phi) is 4.61. The van der Waals surface area contributed by atoms with Gasteiger partial charge in [-0.25, -0.2) is 0 Å². The van der Waals surface area contributed by atoms with Gasteiger partial charge in [-0.15, -0.1) is 0 Å². The molecule has 2 rings (SSSR count). The molecule has 0 bridgehead atoms. The van der Waals surface area contributed by atoms with Crippen molar-refractivity contribution in [2.24, 2.45) is 0 Å². The van der Waals surface area contributed by atoms with Crippen LogP contribution in [-0.4, -0.2) is 6.29 Å². The Hall–Kier alpha value is -1.61. The number of hydrogen-bond donors (Lipinski definition) is 0. The first-order valence-corrected chi connectivity index (χ1v) is 7.33. The Balaban J connectivity index is 2.24. The number of ether oxygens (including phenoxy) is 1. The average Bonchev–Trinajstić information content (AvgIpc) is 2.38. The maximum atomic E-state index is 10.8. The zero-order valence-electron chi connectivity index (χ0n) is 11.8. The van der Waals surface area contributed by atoms with E-state index in [0.29, 0.717) is 17.2 Å². The van der Waals surface area contributed by atoms with Gasteiger partial charge in [0.25, 0.3) is 0 Å². The second-order valence-corrected chi connectivity index (χ2v) is 5.93. The summed E-state index contributed by atoms with van der Waals surface area (Å²) in [5, 5.41) is 0. The summed E-state index contributed by atoms with van der Waals surface area (Å²) in [7, 11) is 0. The highest BCUT2D eigenvalue weighted by molar-refractivity contribution is 9.10. The standard InChI is InChI=1S/C17H17BrO2/c1-11(2)16-7-6-14(8-12(16)3)20-15-5-4-13(10-19)17(18)9-15/h4-11H,1-3H3. The zero-order chi connectivity index (χ0) is 14.7. The lowest BCUT2D eigenvalue weighted by Crippen LogP contribution is -1.93. The number of halogens is 1. The lowest BCUT2D eigenvalue weighted by Gasteiger charge is -2.12. The van der Waals surface area contributed by atoms with Gasteiger partial charge in [-0.1, -0.05) is 19.9 Å². The summed E-state index contributed by atoms with van der Waals surface area (Å²) in [6.07, 6.45) is 0.815. The largest absolute Gasteiger partial charge is 0.457 e. The number of hydrogen-bond acceptors (Lipinski definition) is 2. The van der Waals surface area contributed by atoms with Gasteiger partial charge in [0.2, 0.25) is 0 Å². The van der Waals surface area contributed by atoms with Gasteiger partial charge in [0.1, 0.15) is 11.5 Å². The number of aldehydes is 1. The summed E-state index contributed by atoms with van der Waals surface area (Å²) >= 11 is 3.35. The quantitative estimate of drug-likeness (QED) is 0.692. The molecule has 0 aliphatic carbocycles. The molecule has 104 valence electrons. The van der Waals surface area contributed by atoms with Crippen LogP contribution in [0.3, 0.4) is 0 Å². The van der Waals surface area contributed by atoms with Crippen LogP contribution in [0.15, 0.2) is 40.9 Å². The molecule has 0 aliphatic rings. The molecule has 0 N–H and O–H groups in total. The average molecular weight is 333 g/mol. The van der Waals surface area contributed by atoms with Crippen molar-refractivity contribution in [1.29, 1.82) is 0 Å². The van der Waals surface area contributed by atoms with Gasteiger partial charge < -0.3 is 4.74 Å². The molecule has 0 radical (unpaired) electrons. The molecule has 0 aliphatic heterocycles.